The Labute approximate surface area is 124 Å². The van der Waals surface area contributed by atoms with Crippen LogP contribution in [0.4, 0.5) is 5.69 Å². The first kappa shape index (κ1) is 14.7. The van der Waals surface area contributed by atoms with Gasteiger partial charge in [0.25, 0.3) is 0 Å². The molecule has 0 spiro atoms. The maximum atomic E-state index is 8.76. The van der Waals surface area contributed by atoms with Crippen molar-refractivity contribution >= 4 is 11.5 Å². The molecule has 4 N–H and O–H groups in total. The molecule has 0 aliphatic rings. The predicted octanol–water partition coefficient (Wildman–Crippen LogP) is 2.71. The molecule has 0 unspecified atom stereocenters. The Balaban J connectivity index is 2.17. The lowest BCUT2D eigenvalue weighted by atomic mass is 10.1. The molecule has 0 saturated heterocycles. The number of benzene rings is 2. The van der Waals surface area contributed by atoms with Gasteiger partial charge in [-0.1, -0.05) is 29.4 Å². The van der Waals surface area contributed by atoms with Gasteiger partial charge < -0.3 is 21.0 Å². The summed E-state index contributed by atoms with van der Waals surface area (Å²) in [5, 5.41) is 15.1. The zero-order chi connectivity index (χ0) is 15.2. The minimum absolute atomic E-state index is 0.0327. The molecule has 0 aliphatic carbocycles. The molecule has 5 nitrogen and oxygen atoms in total. The van der Waals surface area contributed by atoms with Crippen molar-refractivity contribution in [3.8, 4) is 5.75 Å². The minimum Gasteiger partial charge on any atom is -0.496 e. The Hall–Kier alpha value is -2.69. The van der Waals surface area contributed by atoms with Crippen LogP contribution >= 0.6 is 0 Å². The molecule has 0 bridgehead atoms. The number of hydrogen-bond acceptors (Lipinski definition) is 4. The van der Waals surface area contributed by atoms with E-state index in [1.54, 1.807) is 13.2 Å². The molecule has 0 aliphatic heterocycles. The first-order valence-electron chi connectivity index (χ1n) is 6.60. The number of para-hydroxylation sites is 1. The Morgan fingerprint density at radius 1 is 1.29 bits per heavy atom. The molecule has 2 aromatic carbocycles. The normalized spacial score (nSPS) is 11.2. The topological polar surface area (TPSA) is 79.9 Å². The van der Waals surface area contributed by atoms with Gasteiger partial charge in [0.15, 0.2) is 5.84 Å². The van der Waals surface area contributed by atoms with Gasteiger partial charge in [0.1, 0.15) is 5.75 Å². The van der Waals surface area contributed by atoms with E-state index < -0.39 is 0 Å². The molecule has 0 heterocycles. The van der Waals surface area contributed by atoms with Crippen LogP contribution in [0.1, 0.15) is 16.7 Å². The average Bonchev–Trinajstić information content (AvgIpc) is 2.53. The van der Waals surface area contributed by atoms with Crippen molar-refractivity contribution in [2.24, 2.45) is 10.9 Å². The van der Waals surface area contributed by atoms with Gasteiger partial charge in [-0.05, 0) is 36.2 Å². The van der Waals surface area contributed by atoms with E-state index in [1.165, 1.54) is 5.56 Å². The molecule has 0 amide bonds. The highest BCUT2D eigenvalue weighted by Gasteiger charge is 2.08. The summed E-state index contributed by atoms with van der Waals surface area (Å²) >= 11 is 0. The fourth-order valence-electron chi connectivity index (χ4n) is 2.08. The van der Waals surface area contributed by atoms with Crippen molar-refractivity contribution in [1.29, 1.82) is 0 Å². The van der Waals surface area contributed by atoms with Crippen LogP contribution in [0.25, 0.3) is 0 Å². The van der Waals surface area contributed by atoms with Gasteiger partial charge in [-0.2, -0.15) is 0 Å². The van der Waals surface area contributed by atoms with E-state index in [1.807, 2.05) is 30.3 Å². The predicted molar refractivity (Wildman–Crippen MR) is 84.0 cm³/mol. The van der Waals surface area contributed by atoms with Crippen LogP contribution in [0.15, 0.2) is 47.6 Å². The number of nitrogens with zero attached hydrogens (tertiary/aromatic N) is 1. The van der Waals surface area contributed by atoms with Gasteiger partial charge in [-0.3, -0.25) is 0 Å². The summed E-state index contributed by atoms with van der Waals surface area (Å²) in [6, 6.07) is 13.7. The van der Waals surface area contributed by atoms with Gasteiger partial charge in [-0.25, -0.2) is 0 Å². The molecule has 110 valence electrons. The zero-order valence-corrected chi connectivity index (χ0v) is 12.1. The van der Waals surface area contributed by atoms with E-state index in [0.717, 1.165) is 11.3 Å². The Morgan fingerprint density at radius 3 is 2.71 bits per heavy atom. The quantitative estimate of drug-likeness (QED) is 0.341. The molecule has 2 rings (SSSR count). The molecular weight excluding hydrogens is 266 g/mol. The first-order valence-corrected chi connectivity index (χ1v) is 6.60. The molecule has 0 fully saturated rings. The summed E-state index contributed by atoms with van der Waals surface area (Å²) < 4.78 is 5.29. The number of amidine groups is 1. The number of nitrogens with two attached hydrogens (primary N) is 1. The highest BCUT2D eigenvalue weighted by molar-refractivity contribution is 5.99. The summed E-state index contributed by atoms with van der Waals surface area (Å²) in [5.74, 6) is 0.611. The minimum atomic E-state index is 0.0327. The zero-order valence-electron chi connectivity index (χ0n) is 12.1. The van der Waals surface area contributed by atoms with Crippen LogP contribution in [0.5, 0.6) is 5.75 Å². The van der Waals surface area contributed by atoms with Gasteiger partial charge in [0.05, 0.1) is 12.7 Å². The fourth-order valence-corrected chi connectivity index (χ4v) is 2.08. The van der Waals surface area contributed by atoms with Crippen LogP contribution < -0.4 is 15.8 Å². The Bertz CT molecular complexity index is 654. The molecular formula is C16H19N3O2. The van der Waals surface area contributed by atoms with Crippen LogP contribution in [-0.2, 0) is 6.54 Å². The first-order chi connectivity index (χ1) is 10.2. The highest BCUT2D eigenvalue weighted by Crippen LogP contribution is 2.21. The number of rotatable bonds is 5. The second-order valence-corrected chi connectivity index (χ2v) is 4.69. The van der Waals surface area contributed by atoms with Crippen molar-refractivity contribution < 1.29 is 9.94 Å². The number of anilines is 1. The summed E-state index contributed by atoms with van der Waals surface area (Å²) in [7, 11) is 1.56. The highest BCUT2D eigenvalue weighted by atomic mass is 16.5. The third-order valence-electron chi connectivity index (χ3n) is 3.28. The number of hydrogen-bond donors (Lipinski definition) is 3. The molecule has 0 saturated carbocycles. The van der Waals surface area contributed by atoms with Crippen molar-refractivity contribution in [3.63, 3.8) is 0 Å². The third-order valence-corrected chi connectivity index (χ3v) is 3.28. The standard InChI is InChI=1S/C16H19N3O2/c1-11-5-3-4-6-14(11)18-10-12-7-8-13(16(17)19-20)15(9-12)21-2/h3-9,18,20H,10H2,1-2H3,(H2,17,19). The van der Waals surface area contributed by atoms with E-state index in [9.17, 15) is 0 Å². The second kappa shape index (κ2) is 6.65. The van der Waals surface area contributed by atoms with Crippen LogP contribution in [0.2, 0.25) is 0 Å². The third kappa shape index (κ3) is 3.45. The number of methoxy groups -OCH3 is 1. The Kier molecular flexibility index (Phi) is 4.66. The maximum Gasteiger partial charge on any atom is 0.173 e. The van der Waals surface area contributed by atoms with Gasteiger partial charge >= 0.3 is 0 Å². The molecule has 0 atom stereocenters. The molecule has 2 aromatic rings. The van der Waals surface area contributed by atoms with Crippen molar-refractivity contribution in [3.05, 3.63) is 59.2 Å². The van der Waals surface area contributed by atoms with Crippen LogP contribution in [0.3, 0.4) is 0 Å². The smallest absolute Gasteiger partial charge is 0.173 e. The number of ether oxygens (including phenoxy) is 1. The van der Waals surface area contributed by atoms with E-state index in [-0.39, 0.29) is 5.84 Å². The van der Waals surface area contributed by atoms with Gasteiger partial charge in [-0.15, -0.1) is 0 Å². The SMILES string of the molecule is COc1cc(CNc2ccccc2C)ccc1/C(N)=N/O. The largest absolute Gasteiger partial charge is 0.496 e. The monoisotopic (exact) mass is 285 g/mol. The van der Waals surface area contributed by atoms with Gasteiger partial charge in [0.2, 0.25) is 0 Å². The van der Waals surface area contributed by atoms with Crippen molar-refractivity contribution in [1.82, 2.24) is 0 Å². The molecule has 0 aromatic heterocycles. The van der Waals surface area contributed by atoms with Crippen molar-refractivity contribution in [2.75, 3.05) is 12.4 Å². The maximum absolute atomic E-state index is 8.76. The number of nitrogens with one attached hydrogen (secondary N) is 1. The summed E-state index contributed by atoms with van der Waals surface area (Å²) in [5.41, 5.74) is 9.51. The van der Waals surface area contributed by atoms with E-state index in [4.69, 9.17) is 15.7 Å². The lowest BCUT2D eigenvalue weighted by Crippen LogP contribution is -2.14. The van der Waals surface area contributed by atoms with Crippen LogP contribution in [-0.4, -0.2) is 18.2 Å². The molecule has 21 heavy (non-hydrogen) atoms. The lowest BCUT2D eigenvalue weighted by Gasteiger charge is -2.12. The van der Waals surface area contributed by atoms with E-state index in [0.29, 0.717) is 17.9 Å². The van der Waals surface area contributed by atoms with Gasteiger partial charge in [0, 0.05) is 12.2 Å². The fraction of sp³-hybridized carbons (Fsp3) is 0.188. The summed E-state index contributed by atoms with van der Waals surface area (Å²) in [4.78, 5) is 0. The Morgan fingerprint density at radius 2 is 2.05 bits per heavy atom. The molecule has 0 radical (unpaired) electrons. The van der Waals surface area contributed by atoms with Crippen molar-refractivity contribution in [2.45, 2.75) is 13.5 Å². The second-order valence-electron chi connectivity index (χ2n) is 4.69. The summed E-state index contributed by atoms with van der Waals surface area (Å²) in [6.45, 7) is 2.72. The lowest BCUT2D eigenvalue weighted by molar-refractivity contribution is 0.318. The molecule has 5 heteroatoms. The van der Waals surface area contributed by atoms with E-state index in [2.05, 4.69) is 23.5 Å². The number of oxime groups is 1. The van der Waals surface area contributed by atoms with Crippen LogP contribution in [0, 0.1) is 6.92 Å². The van der Waals surface area contributed by atoms with E-state index >= 15 is 0 Å². The number of aryl methyl sites for hydroxylation is 1. The summed E-state index contributed by atoms with van der Waals surface area (Å²) in [6.07, 6.45) is 0. The average molecular weight is 285 g/mol.